The number of halogens is 4. The van der Waals surface area contributed by atoms with Crippen molar-refractivity contribution in [2.24, 2.45) is 10.7 Å². The van der Waals surface area contributed by atoms with E-state index in [0.717, 1.165) is 12.1 Å². The van der Waals surface area contributed by atoms with E-state index in [1.54, 1.807) is 0 Å². The number of anilines is 1. The molecule has 11 heteroatoms. The normalized spacial score (nSPS) is 19.2. The van der Waals surface area contributed by atoms with Crippen LogP contribution in [-0.2, 0) is 10.3 Å². The van der Waals surface area contributed by atoms with Gasteiger partial charge >= 0.3 is 6.09 Å². The molecule has 148 valence electrons. The van der Waals surface area contributed by atoms with Gasteiger partial charge in [-0.05, 0) is 24.3 Å². The number of nitrogens with two attached hydrogens (primary N) is 1. The van der Waals surface area contributed by atoms with Gasteiger partial charge in [0.15, 0.2) is 5.54 Å². The van der Waals surface area contributed by atoms with Gasteiger partial charge in [0, 0.05) is 23.5 Å². The summed E-state index contributed by atoms with van der Waals surface area (Å²) in [6.07, 6.45) is -2.78. The first-order valence-corrected chi connectivity index (χ1v) is 8.28. The smallest absolute Gasteiger partial charge is 0.391 e. The molecule has 2 heterocycles. The Bertz CT molecular complexity index is 911. The number of carbonyl (C=O) groups excluding carboxylic acids is 1. The molecule has 0 saturated heterocycles. The molecule has 3 rings (SSSR count). The molecule has 1 aromatic carbocycles. The molecule has 0 bridgehead atoms. The predicted molar refractivity (Wildman–Crippen MR) is 95.4 cm³/mol. The van der Waals surface area contributed by atoms with Crippen LogP contribution in [-0.4, -0.2) is 36.6 Å². The molecular weight excluding hydrogens is 401 g/mol. The van der Waals surface area contributed by atoms with E-state index in [4.69, 9.17) is 26.8 Å². The van der Waals surface area contributed by atoms with Gasteiger partial charge in [-0.15, -0.1) is 0 Å². The number of hydrogen-bond acceptors (Lipinski definition) is 6. The van der Waals surface area contributed by atoms with E-state index >= 15 is 0 Å². The fourth-order valence-electron chi connectivity index (χ4n) is 2.60. The van der Waals surface area contributed by atoms with Crippen molar-refractivity contribution >= 4 is 29.2 Å². The molecule has 1 aliphatic rings. The highest BCUT2D eigenvalue weighted by atomic mass is 35.5. The Hall–Kier alpha value is -2.85. The van der Waals surface area contributed by atoms with Crippen LogP contribution in [0, 0.1) is 5.82 Å². The van der Waals surface area contributed by atoms with Crippen molar-refractivity contribution in [3.05, 3.63) is 52.9 Å². The molecule has 0 aliphatic carbocycles. The highest BCUT2D eigenvalue weighted by Crippen LogP contribution is 2.37. The van der Waals surface area contributed by atoms with Crippen molar-refractivity contribution < 1.29 is 27.4 Å². The monoisotopic (exact) mass is 414 g/mol. The van der Waals surface area contributed by atoms with Gasteiger partial charge in [0.25, 0.3) is 6.43 Å². The Kier molecular flexibility index (Phi) is 5.71. The number of alkyl halides is 2. The third kappa shape index (κ3) is 4.18. The number of carbonyl (C=O) groups is 1. The molecule has 0 saturated carbocycles. The quantitative estimate of drug-likeness (QED) is 0.799. The van der Waals surface area contributed by atoms with Crippen molar-refractivity contribution in [3.63, 3.8) is 0 Å². The predicted octanol–water partition coefficient (Wildman–Crippen LogP) is 3.33. The van der Waals surface area contributed by atoms with E-state index in [0.29, 0.717) is 5.02 Å². The lowest BCUT2D eigenvalue weighted by atomic mass is 9.90. The summed E-state index contributed by atoms with van der Waals surface area (Å²) in [5, 5.41) is 2.66. The third-order valence-electron chi connectivity index (χ3n) is 3.85. The van der Waals surface area contributed by atoms with E-state index < -0.39 is 36.0 Å². The number of nitrogens with one attached hydrogen (secondary N) is 1. The topological polar surface area (TPSA) is 98.8 Å². The van der Waals surface area contributed by atoms with Crippen LogP contribution in [0.4, 0.5) is 23.7 Å². The van der Waals surface area contributed by atoms with E-state index in [1.165, 1.54) is 24.4 Å². The van der Waals surface area contributed by atoms with Gasteiger partial charge in [-0.1, -0.05) is 11.6 Å². The molecule has 1 atom stereocenters. The number of nitrogens with zero attached hydrogens (tertiary/aromatic N) is 2. The van der Waals surface area contributed by atoms with E-state index in [2.05, 4.69) is 15.3 Å². The molecule has 1 amide bonds. The highest BCUT2D eigenvalue weighted by molar-refractivity contribution is 6.30. The Labute approximate surface area is 162 Å². The summed E-state index contributed by atoms with van der Waals surface area (Å²) in [5.41, 5.74) is 2.74. The van der Waals surface area contributed by atoms with E-state index in [1.807, 2.05) is 0 Å². The molecule has 0 fully saturated rings. The van der Waals surface area contributed by atoms with Crippen molar-refractivity contribution in [1.29, 1.82) is 0 Å². The summed E-state index contributed by atoms with van der Waals surface area (Å²) < 4.78 is 51.9. The zero-order chi connectivity index (χ0) is 20.3. The Morgan fingerprint density at radius 1 is 1.36 bits per heavy atom. The van der Waals surface area contributed by atoms with Crippen molar-refractivity contribution in [3.8, 4) is 5.88 Å². The van der Waals surface area contributed by atoms with Crippen LogP contribution >= 0.6 is 11.6 Å². The zero-order valence-corrected chi connectivity index (χ0v) is 14.9. The number of amidine groups is 1. The number of aromatic nitrogens is 1. The van der Waals surface area contributed by atoms with Crippen LogP contribution in [0.5, 0.6) is 5.88 Å². The standard InChI is InChI=1S/C17H14ClF3N4O3/c18-9-1-4-14(23-6-9)28-16(26)24-10-2-3-12(19)11(5-10)17(15(20)21)8-27-7-13(22)25-17/h1-6,15H,7-8H2,(H2,22,25)(H,24,26)/t17-/m0/s1. The van der Waals surface area contributed by atoms with Crippen LogP contribution in [0.1, 0.15) is 5.56 Å². The van der Waals surface area contributed by atoms with Crippen LogP contribution in [0.2, 0.25) is 5.02 Å². The van der Waals surface area contributed by atoms with Crippen LogP contribution in [0.25, 0.3) is 0 Å². The van der Waals surface area contributed by atoms with Gasteiger partial charge in [-0.25, -0.2) is 22.9 Å². The SMILES string of the molecule is NC1=N[C@@](c2cc(NC(=O)Oc3ccc(Cl)cn3)ccc2F)(C(F)F)COC1. The van der Waals surface area contributed by atoms with Gasteiger partial charge in [0.2, 0.25) is 5.88 Å². The number of benzene rings is 1. The summed E-state index contributed by atoms with van der Waals surface area (Å²) >= 11 is 5.69. The number of rotatable bonds is 4. The number of hydrogen-bond donors (Lipinski definition) is 2. The maximum atomic E-state index is 14.3. The lowest BCUT2D eigenvalue weighted by Gasteiger charge is -2.33. The number of amides is 1. The summed E-state index contributed by atoms with van der Waals surface area (Å²) in [6.45, 7) is -0.695. The van der Waals surface area contributed by atoms with Crippen molar-refractivity contribution in [2.45, 2.75) is 12.0 Å². The van der Waals surface area contributed by atoms with Gasteiger partial charge in [0.1, 0.15) is 18.3 Å². The molecule has 2 aromatic rings. The van der Waals surface area contributed by atoms with Gasteiger partial charge in [0.05, 0.1) is 11.6 Å². The maximum Gasteiger partial charge on any atom is 0.418 e. The van der Waals surface area contributed by atoms with E-state index in [9.17, 15) is 18.0 Å². The largest absolute Gasteiger partial charge is 0.418 e. The first-order valence-electron chi connectivity index (χ1n) is 7.90. The Morgan fingerprint density at radius 2 is 2.14 bits per heavy atom. The number of aliphatic imine (C=N–C) groups is 1. The maximum absolute atomic E-state index is 14.3. The molecule has 0 radical (unpaired) electrons. The first kappa shape index (κ1) is 19.9. The third-order valence-corrected chi connectivity index (χ3v) is 4.08. The summed E-state index contributed by atoms with van der Waals surface area (Å²) in [6, 6.07) is 5.97. The van der Waals surface area contributed by atoms with Gasteiger partial charge in [-0.3, -0.25) is 10.3 Å². The Balaban J connectivity index is 1.85. The van der Waals surface area contributed by atoms with Crippen molar-refractivity contribution in [1.82, 2.24) is 4.98 Å². The molecule has 28 heavy (non-hydrogen) atoms. The summed E-state index contributed by atoms with van der Waals surface area (Å²) in [7, 11) is 0. The Morgan fingerprint density at radius 3 is 2.79 bits per heavy atom. The lowest BCUT2D eigenvalue weighted by Crippen LogP contribution is -2.45. The fourth-order valence-corrected chi connectivity index (χ4v) is 2.71. The summed E-state index contributed by atoms with van der Waals surface area (Å²) in [5.74, 6) is -1.16. The fraction of sp³-hybridized carbons (Fsp3) is 0.235. The first-order chi connectivity index (χ1) is 13.3. The minimum Gasteiger partial charge on any atom is -0.391 e. The second-order valence-electron chi connectivity index (χ2n) is 5.84. The summed E-state index contributed by atoms with van der Waals surface area (Å²) in [4.78, 5) is 19.5. The van der Waals surface area contributed by atoms with Crippen LogP contribution in [0.3, 0.4) is 0 Å². The molecule has 0 unspecified atom stereocenters. The second-order valence-corrected chi connectivity index (χ2v) is 6.28. The zero-order valence-electron chi connectivity index (χ0n) is 14.2. The molecule has 1 aromatic heterocycles. The molecule has 7 nitrogen and oxygen atoms in total. The number of ether oxygens (including phenoxy) is 2. The van der Waals surface area contributed by atoms with Crippen LogP contribution in [0.15, 0.2) is 41.5 Å². The molecule has 1 aliphatic heterocycles. The minimum atomic E-state index is -3.10. The number of pyridine rings is 1. The lowest BCUT2D eigenvalue weighted by molar-refractivity contribution is -0.0145. The van der Waals surface area contributed by atoms with Crippen molar-refractivity contribution in [2.75, 3.05) is 18.5 Å². The van der Waals surface area contributed by atoms with Gasteiger partial charge < -0.3 is 15.2 Å². The minimum absolute atomic E-state index is 0.00901. The molecular formula is C17H14ClF3N4O3. The average molecular weight is 415 g/mol. The van der Waals surface area contributed by atoms with Gasteiger partial charge in [-0.2, -0.15) is 0 Å². The average Bonchev–Trinajstić information content (AvgIpc) is 2.65. The second kappa shape index (κ2) is 8.03. The molecule has 3 N–H and O–H groups in total. The highest BCUT2D eigenvalue weighted by Gasteiger charge is 2.46. The molecule has 0 spiro atoms. The van der Waals surface area contributed by atoms with Crippen LogP contribution < -0.4 is 15.8 Å². The van der Waals surface area contributed by atoms with E-state index in [-0.39, 0.29) is 24.0 Å².